The van der Waals surface area contributed by atoms with Crippen molar-refractivity contribution in [1.82, 2.24) is 4.90 Å². The van der Waals surface area contributed by atoms with E-state index in [0.717, 1.165) is 17.0 Å². The molecule has 0 aromatic heterocycles. The third kappa shape index (κ3) is 3.48. The Bertz CT molecular complexity index is 934. The number of fused-ring (bicyclic) bond motifs is 1. The van der Waals surface area contributed by atoms with Gasteiger partial charge in [-0.3, -0.25) is 4.90 Å². The highest BCUT2D eigenvalue weighted by Crippen LogP contribution is 2.30. The average Bonchev–Trinajstić information content (AvgIpc) is 3.43. The molecule has 8 heteroatoms. The number of hydroxylamine groups is 1. The van der Waals surface area contributed by atoms with Crippen LogP contribution in [0.3, 0.4) is 0 Å². The fourth-order valence-electron chi connectivity index (χ4n) is 3.36. The van der Waals surface area contributed by atoms with Gasteiger partial charge in [-0.2, -0.15) is 0 Å². The van der Waals surface area contributed by atoms with E-state index in [-0.39, 0.29) is 30.0 Å². The minimum atomic E-state index is -0.449. The number of nitrogens with zero attached hydrogens (tertiary/aromatic N) is 3. The molecule has 140 valence electrons. The summed E-state index contributed by atoms with van der Waals surface area (Å²) in [6.45, 7) is 0.892. The van der Waals surface area contributed by atoms with Gasteiger partial charge in [0.15, 0.2) is 6.54 Å². The van der Waals surface area contributed by atoms with Crippen LogP contribution in [-0.2, 0) is 4.84 Å². The molecule has 1 N–H and O–H groups in total. The number of oxime groups is 1. The van der Waals surface area contributed by atoms with Gasteiger partial charge in [-0.25, -0.2) is 9.13 Å². The summed E-state index contributed by atoms with van der Waals surface area (Å²) in [5.74, 6) is -0.449. The number of benzodiazepines with no additional fused rings is 1. The molecule has 3 unspecified atom stereocenters. The smallest absolute Gasteiger partial charge is 0.230 e. The standard InChI is InChI=1S/C19H18ClFN4O2/c1-27-22-9-13-10-24(13)18-11-25(26)19(14-4-2-3-5-16(14)21)15-8-12(20)6-7-17(15)23-18/h2-9,13,18,23H,10-11H2,1H3. The van der Waals surface area contributed by atoms with Crippen molar-refractivity contribution in [3.8, 4) is 0 Å². The van der Waals surface area contributed by atoms with Crippen molar-refractivity contribution in [1.29, 1.82) is 0 Å². The number of hydrogen-bond acceptors (Lipinski definition) is 5. The van der Waals surface area contributed by atoms with Gasteiger partial charge >= 0.3 is 0 Å². The van der Waals surface area contributed by atoms with Gasteiger partial charge < -0.3 is 15.4 Å². The molecule has 0 spiro atoms. The van der Waals surface area contributed by atoms with Crippen molar-refractivity contribution in [2.24, 2.45) is 5.16 Å². The molecule has 2 aliphatic rings. The molecule has 0 aliphatic carbocycles. The van der Waals surface area contributed by atoms with Crippen LogP contribution in [0.15, 0.2) is 47.6 Å². The van der Waals surface area contributed by atoms with E-state index >= 15 is 0 Å². The normalized spacial score (nSPS) is 24.3. The summed E-state index contributed by atoms with van der Waals surface area (Å²) in [4.78, 5) is 6.80. The molecule has 1 fully saturated rings. The number of anilines is 1. The Hall–Kier alpha value is -2.64. The van der Waals surface area contributed by atoms with E-state index in [1.165, 1.54) is 13.2 Å². The summed E-state index contributed by atoms with van der Waals surface area (Å²) in [6.07, 6.45) is 1.45. The minimum absolute atomic E-state index is 0.0987. The van der Waals surface area contributed by atoms with E-state index in [2.05, 4.69) is 15.4 Å². The first kappa shape index (κ1) is 17.8. The highest BCUT2D eigenvalue weighted by Gasteiger charge is 2.42. The lowest BCUT2D eigenvalue weighted by molar-refractivity contribution is -0.461. The van der Waals surface area contributed by atoms with E-state index in [0.29, 0.717) is 10.6 Å². The maximum atomic E-state index is 14.5. The van der Waals surface area contributed by atoms with E-state index in [4.69, 9.17) is 16.4 Å². The van der Waals surface area contributed by atoms with Crippen LogP contribution in [0, 0.1) is 11.0 Å². The predicted molar refractivity (Wildman–Crippen MR) is 103 cm³/mol. The van der Waals surface area contributed by atoms with Gasteiger partial charge in [-0.15, -0.1) is 0 Å². The molecule has 0 saturated carbocycles. The summed E-state index contributed by atoms with van der Waals surface area (Å²) in [6, 6.07) is 11.6. The van der Waals surface area contributed by atoms with Gasteiger partial charge in [0.05, 0.1) is 23.4 Å². The summed E-state index contributed by atoms with van der Waals surface area (Å²) in [7, 11) is 1.49. The Balaban J connectivity index is 1.77. The molecule has 2 aliphatic heterocycles. The van der Waals surface area contributed by atoms with Gasteiger partial charge in [0.25, 0.3) is 0 Å². The van der Waals surface area contributed by atoms with E-state index in [1.807, 2.05) is 6.07 Å². The zero-order chi connectivity index (χ0) is 19.0. The molecule has 0 amide bonds. The van der Waals surface area contributed by atoms with Crippen molar-refractivity contribution in [2.45, 2.75) is 12.2 Å². The Morgan fingerprint density at radius 3 is 2.93 bits per heavy atom. The zero-order valence-corrected chi connectivity index (χ0v) is 15.4. The lowest BCUT2D eigenvalue weighted by Gasteiger charge is -2.18. The second-order valence-electron chi connectivity index (χ2n) is 6.44. The van der Waals surface area contributed by atoms with E-state index < -0.39 is 5.82 Å². The fraction of sp³-hybridized carbons (Fsp3) is 0.263. The molecule has 6 nitrogen and oxygen atoms in total. The number of benzene rings is 2. The number of hydrogen-bond donors (Lipinski definition) is 1. The minimum Gasteiger partial charge on any atom is -0.623 e. The second-order valence-corrected chi connectivity index (χ2v) is 6.88. The third-order valence-electron chi connectivity index (χ3n) is 4.70. The van der Waals surface area contributed by atoms with Crippen LogP contribution in [-0.4, -0.2) is 54.0 Å². The third-order valence-corrected chi connectivity index (χ3v) is 4.94. The predicted octanol–water partition coefficient (Wildman–Crippen LogP) is 2.89. The summed E-state index contributed by atoms with van der Waals surface area (Å²) in [5.41, 5.74) is 1.83. The highest BCUT2D eigenvalue weighted by molar-refractivity contribution is 6.31. The van der Waals surface area contributed by atoms with Crippen molar-refractivity contribution in [2.75, 3.05) is 25.5 Å². The topological polar surface area (TPSA) is 62.7 Å². The number of halogens is 2. The fourth-order valence-corrected chi connectivity index (χ4v) is 3.53. The molecule has 3 atom stereocenters. The Morgan fingerprint density at radius 1 is 1.33 bits per heavy atom. The van der Waals surface area contributed by atoms with Crippen LogP contribution < -0.4 is 5.32 Å². The first-order valence-corrected chi connectivity index (χ1v) is 8.91. The molecular formula is C19H18ClFN4O2. The van der Waals surface area contributed by atoms with Crippen molar-refractivity contribution in [3.63, 3.8) is 0 Å². The van der Waals surface area contributed by atoms with Crippen LogP contribution in [0.25, 0.3) is 0 Å². The molecule has 1 saturated heterocycles. The van der Waals surface area contributed by atoms with E-state index in [9.17, 15) is 9.60 Å². The molecular weight excluding hydrogens is 371 g/mol. The Morgan fingerprint density at radius 2 is 2.15 bits per heavy atom. The van der Waals surface area contributed by atoms with Gasteiger partial charge in [-0.1, -0.05) is 28.9 Å². The monoisotopic (exact) mass is 388 g/mol. The maximum absolute atomic E-state index is 14.5. The lowest BCUT2D eigenvalue weighted by Crippen LogP contribution is -2.37. The maximum Gasteiger partial charge on any atom is 0.230 e. The highest BCUT2D eigenvalue weighted by atomic mass is 35.5. The summed E-state index contributed by atoms with van der Waals surface area (Å²) in [5, 5.41) is 20.7. The van der Waals surface area contributed by atoms with Crippen LogP contribution in [0.1, 0.15) is 11.1 Å². The van der Waals surface area contributed by atoms with Crippen molar-refractivity contribution in [3.05, 3.63) is 69.6 Å². The summed E-state index contributed by atoms with van der Waals surface area (Å²) < 4.78 is 15.3. The summed E-state index contributed by atoms with van der Waals surface area (Å²) >= 11 is 6.16. The SMILES string of the molecule is CON=CC1CN1C1C[N+]([O-])=C(c2ccccc2F)c2cc(Cl)ccc2N1. The molecule has 2 heterocycles. The zero-order valence-electron chi connectivity index (χ0n) is 14.6. The average molecular weight is 389 g/mol. The number of nitrogens with one attached hydrogen (secondary N) is 1. The molecule has 2 aromatic carbocycles. The molecule has 0 bridgehead atoms. The van der Waals surface area contributed by atoms with Crippen molar-refractivity contribution < 1.29 is 14.0 Å². The van der Waals surface area contributed by atoms with Crippen LogP contribution in [0.5, 0.6) is 0 Å². The largest absolute Gasteiger partial charge is 0.623 e. The van der Waals surface area contributed by atoms with Crippen molar-refractivity contribution >= 4 is 29.2 Å². The lowest BCUT2D eigenvalue weighted by atomic mass is 10.00. The second kappa shape index (κ2) is 7.17. The molecule has 27 heavy (non-hydrogen) atoms. The molecule has 0 radical (unpaired) electrons. The Kier molecular flexibility index (Phi) is 4.72. The first-order chi connectivity index (χ1) is 13.1. The van der Waals surface area contributed by atoms with Gasteiger partial charge in [0.1, 0.15) is 19.1 Å². The van der Waals surface area contributed by atoms with Gasteiger partial charge in [-0.05, 0) is 30.3 Å². The van der Waals surface area contributed by atoms with Crippen LogP contribution in [0.2, 0.25) is 5.02 Å². The molecule has 4 rings (SSSR count). The van der Waals surface area contributed by atoms with Crippen LogP contribution >= 0.6 is 11.6 Å². The Labute approximate surface area is 161 Å². The molecule has 2 aromatic rings. The van der Waals surface area contributed by atoms with Crippen LogP contribution in [0.4, 0.5) is 10.1 Å². The van der Waals surface area contributed by atoms with E-state index in [1.54, 1.807) is 36.5 Å². The van der Waals surface area contributed by atoms with Gasteiger partial charge in [0.2, 0.25) is 5.71 Å². The first-order valence-electron chi connectivity index (χ1n) is 8.54. The quantitative estimate of drug-likeness (QED) is 0.287. The van der Waals surface area contributed by atoms with Gasteiger partial charge in [0, 0.05) is 17.3 Å². The number of rotatable bonds is 4.